The normalized spacial score (nSPS) is 12.1. The maximum atomic E-state index is 10.9. The van der Waals surface area contributed by atoms with Crippen molar-refractivity contribution >= 4 is 43.4 Å². The topological polar surface area (TPSA) is 67.3 Å². The van der Waals surface area contributed by atoms with Gasteiger partial charge in [0.05, 0.1) is 15.1 Å². The van der Waals surface area contributed by atoms with Gasteiger partial charge in [0.15, 0.2) is 4.34 Å². The molecule has 4 nitrogen and oxygen atoms in total. The molecule has 0 radical (unpaired) electrons. The predicted molar refractivity (Wildman–Crippen MR) is 61.2 cm³/mol. The Hall–Kier alpha value is -0.630. The van der Waals surface area contributed by atoms with Crippen molar-refractivity contribution in [1.29, 1.82) is 0 Å². The van der Waals surface area contributed by atoms with Crippen LogP contribution in [-0.2, 0) is 10.1 Å². The molecule has 0 fully saturated rings. The lowest BCUT2D eigenvalue weighted by Gasteiger charge is -1.94. The van der Waals surface area contributed by atoms with Gasteiger partial charge in [-0.2, -0.15) is 8.42 Å². The quantitative estimate of drug-likeness (QED) is 0.663. The first kappa shape index (κ1) is 10.9. The highest BCUT2D eigenvalue weighted by atomic mass is 32.2. The van der Waals surface area contributed by atoms with Gasteiger partial charge in [-0.05, 0) is 24.5 Å². The third-order valence-corrected chi connectivity index (χ3v) is 4.67. The molecule has 1 N–H and O–H groups in total. The number of thiazole rings is 1. The summed E-state index contributed by atoms with van der Waals surface area (Å²) in [7, 11) is -4.12. The van der Waals surface area contributed by atoms with Gasteiger partial charge >= 0.3 is 0 Å². The van der Waals surface area contributed by atoms with Crippen LogP contribution in [0, 0.1) is 0 Å². The zero-order chi connectivity index (χ0) is 11.1. The van der Waals surface area contributed by atoms with Gasteiger partial charge in [0.1, 0.15) is 0 Å². The Morgan fingerprint density at radius 3 is 2.80 bits per heavy atom. The molecule has 0 bridgehead atoms. The summed E-state index contributed by atoms with van der Waals surface area (Å²) in [6, 6.07) is 4.37. The standard InChI is InChI=1S/C8H7NO3S3/c1-13-8-9-6-3-2-5(15(10,11)12)4-7(6)14-8/h2-4H,1H3,(H,10,11,12). The lowest BCUT2D eigenvalue weighted by atomic mass is 10.3. The zero-order valence-corrected chi connectivity index (χ0v) is 10.1. The average molecular weight is 261 g/mol. The summed E-state index contributed by atoms with van der Waals surface area (Å²) in [4.78, 5) is 4.17. The predicted octanol–water partition coefficient (Wildman–Crippen LogP) is 2.26. The third-order valence-electron chi connectivity index (χ3n) is 1.81. The lowest BCUT2D eigenvalue weighted by Crippen LogP contribution is -1.96. The molecule has 0 amide bonds. The lowest BCUT2D eigenvalue weighted by molar-refractivity contribution is 0.483. The van der Waals surface area contributed by atoms with E-state index >= 15 is 0 Å². The Balaban J connectivity index is 2.66. The molecule has 15 heavy (non-hydrogen) atoms. The van der Waals surface area contributed by atoms with Crippen LogP contribution in [-0.4, -0.2) is 24.2 Å². The molecule has 2 aromatic rings. The highest BCUT2D eigenvalue weighted by molar-refractivity contribution is 8.00. The maximum absolute atomic E-state index is 10.9. The van der Waals surface area contributed by atoms with Crippen molar-refractivity contribution in [3.05, 3.63) is 18.2 Å². The summed E-state index contributed by atoms with van der Waals surface area (Å²) >= 11 is 2.91. The first-order valence-electron chi connectivity index (χ1n) is 3.93. The molecule has 1 aromatic carbocycles. The number of aromatic nitrogens is 1. The third kappa shape index (κ3) is 2.15. The zero-order valence-electron chi connectivity index (χ0n) is 7.67. The van der Waals surface area contributed by atoms with Crippen LogP contribution < -0.4 is 0 Å². The number of fused-ring (bicyclic) bond motifs is 1. The molecule has 0 spiro atoms. The number of thioether (sulfide) groups is 1. The van der Waals surface area contributed by atoms with Gasteiger partial charge in [-0.1, -0.05) is 11.8 Å². The molecule has 0 aliphatic rings. The van der Waals surface area contributed by atoms with Crippen molar-refractivity contribution in [1.82, 2.24) is 4.98 Å². The van der Waals surface area contributed by atoms with Crippen LogP contribution in [0.5, 0.6) is 0 Å². The van der Waals surface area contributed by atoms with Crippen molar-refractivity contribution in [2.45, 2.75) is 9.24 Å². The fourth-order valence-electron chi connectivity index (χ4n) is 1.13. The summed E-state index contributed by atoms with van der Waals surface area (Å²) in [5.41, 5.74) is 0.747. The van der Waals surface area contributed by atoms with Crippen LogP contribution in [0.1, 0.15) is 0 Å². The van der Waals surface area contributed by atoms with Crippen LogP contribution in [0.4, 0.5) is 0 Å². The summed E-state index contributed by atoms with van der Waals surface area (Å²) in [6.07, 6.45) is 1.90. The van der Waals surface area contributed by atoms with Crippen LogP contribution in [0.3, 0.4) is 0 Å². The van der Waals surface area contributed by atoms with E-state index in [1.165, 1.54) is 35.2 Å². The highest BCUT2D eigenvalue weighted by Crippen LogP contribution is 2.29. The Morgan fingerprint density at radius 2 is 2.20 bits per heavy atom. The van der Waals surface area contributed by atoms with Crippen LogP contribution in [0.2, 0.25) is 0 Å². The molecule has 0 aliphatic carbocycles. The number of hydrogen-bond donors (Lipinski definition) is 1. The summed E-state index contributed by atoms with van der Waals surface area (Å²) in [5.74, 6) is 0. The molecule has 0 saturated carbocycles. The van der Waals surface area contributed by atoms with Crippen LogP contribution in [0.25, 0.3) is 10.2 Å². The molecule has 2 rings (SSSR count). The van der Waals surface area contributed by atoms with E-state index < -0.39 is 10.1 Å². The van der Waals surface area contributed by atoms with E-state index in [0.29, 0.717) is 0 Å². The molecule has 80 valence electrons. The molecule has 7 heteroatoms. The second kappa shape index (κ2) is 3.75. The van der Waals surface area contributed by atoms with E-state index in [1.54, 1.807) is 6.07 Å². The molecule has 1 heterocycles. The van der Waals surface area contributed by atoms with Crippen molar-refractivity contribution in [2.75, 3.05) is 6.26 Å². The van der Waals surface area contributed by atoms with Crippen molar-refractivity contribution in [3.8, 4) is 0 Å². The van der Waals surface area contributed by atoms with E-state index in [1.807, 2.05) is 6.26 Å². The molecule has 0 saturated heterocycles. The Labute approximate surface area is 95.1 Å². The van der Waals surface area contributed by atoms with E-state index in [2.05, 4.69) is 4.98 Å². The van der Waals surface area contributed by atoms with Crippen molar-refractivity contribution in [2.24, 2.45) is 0 Å². The van der Waals surface area contributed by atoms with Crippen molar-refractivity contribution < 1.29 is 13.0 Å². The first-order valence-corrected chi connectivity index (χ1v) is 7.41. The number of rotatable bonds is 2. The van der Waals surface area contributed by atoms with Gasteiger partial charge in [-0.25, -0.2) is 4.98 Å². The van der Waals surface area contributed by atoms with Gasteiger partial charge in [0, 0.05) is 0 Å². The number of benzene rings is 1. The molecule has 0 aliphatic heterocycles. The average Bonchev–Trinajstić information content (AvgIpc) is 2.57. The van der Waals surface area contributed by atoms with Gasteiger partial charge in [-0.3, -0.25) is 4.55 Å². The van der Waals surface area contributed by atoms with Crippen LogP contribution >= 0.6 is 23.1 Å². The highest BCUT2D eigenvalue weighted by Gasteiger charge is 2.11. The molecule has 0 unspecified atom stereocenters. The summed E-state index contributed by atoms with van der Waals surface area (Å²) < 4.78 is 32.3. The van der Waals surface area contributed by atoms with Gasteiger partial charge in [0.25, 0.3) is 10.1 Å². The summed E-state index contributed by atoms with van der Waals surface area (Å²) in [6.45, 7) is 0. The van der Waals surface area contributed by atoms with E-state index in [9.17, 15) is 8.42 Å². The van der Waals surface area contributed by atoms with E-state index in [-0.39, 0.29) is 4.90 Å². The van der Waals surface area contributed by atoms with Gasteiger partial charge in [0.2, 0.25) is 0 Å². The largest absolute Gasteiger partial charge is 0.294 e. The number of hydrogen-bond acceptors (Lipinski definition) is 5. The van der Waals surface area contributed by atoms with E-state index in [4.69, 9.17) is 4.55 Å². The Kier molecular flexibility index (Phi) is 2.72. The fourth-order valence-corrected chi connectivity index (χ4v) is 3.24. The van der Waals surface area contributed by atoms with Gasteiger partial charge in [-0.15, -0.1) is 11.3 Å². The van der Waals surface area contributed by atoms with Crippen LogP contribution in [0.15, 0.2) is 27.4 Å². The smallest absolute Gasteiger partial charge is 0.282 e. The second-order valence-corrected chi connectivity index (χ2v) is 6.29. The maximum Gasteiger partial charge on any atom is 0.294 e. The Morgan fingerprint density at radius 1 is 1.47 bits per heavy atom. The second-order valence-electron chi connectivity index (χ2n) is 2.79. The molecular formula is C8H7NO3S3. The monoisotopic (exact) mass is 261 g/mol. The van der Waals surface area contributed by atoms with Gasteiger partial charge < -0.3 is 0 Å². The number of nitrogens with zero attached hydrogens (tertiary/aromatic N) is 1. The molecular weight excluding hydrogens is 254 g/mol. The first-order chi connectivity index (χ1) is 7.00. The molecule has 1 aromatic heterocycles. The minimum atomic E-state index is -4.12. The minimum Gasteiger partial charge on any atom is -0.282 e. The molecule has 0 atom stereocenters. The minimum absolute atomic E-state index is 0.0914. The van der Waals surface area contributed by atoms with Crippen molar-refractivity contribution in [3.63, 3.8) is 0 Å². The fraction of sp³-hybridized carbons (Fsp3) is 0.125. The Bertz CT molecular complexity index is 603. The van der Waals surface area contributed by atoms with E-state index in [0.717, 1.165) is 14.6 Å². The SMILES string of the molecule is CSc1nc2ccc(S(=O)(=O)O)cc2s1. The summed E-state index contributed by atoms with van der Waals surface area (Å²) in [5, 5.41) is 0.